The Morgan fingerprint density at radius 1 is 0.741 bits per heavy atom. The highest BCUT2D eigenvalue weighted by molar-refractivity contribution is 6.38. The number of cyclic esters (lactones) is 2. The van der Waals surface area contributed by atoms with Crippen LogP contribution in [0.1, 0.15) is 123 Å². The molecule has 2 aliphatic heterocycles. The lowest BCUT2D eigenvalue weighted by atomic mass is 9.87. The first-order chi connectivity index (χ1) is 40.3. The summed E-state index contributed by atoms with van der Waals surface area (Å²) in [6.45, 7) is 11.5. The van der Waals surface area contributed by atoms with Crippen LogP contribution < -0.4 is 25.4 Å². The Morgan fingerprint density at radius 2 is 1.45 bits per heavy atom. The van der Waals surface area contributed by atoms with Crippen molar-refractivity contribution in [2.24, 2.45) is 17.3 Å². The van der Waals surface area contributed by atoms with E-state index in [1.165, 1.54) is 81.8 Å². The van der Waals surface area contributed by atoms with E-state index in [2.05, 4.69) is 16.0 Å². The van der Waals surface area contributed by atoms with Gasteiger partial charge in [-0.25, -0.2) is 9.59 Å². The first kappa shape index (κ1) is 67.7. The summed E-state index contributed by atoms with van der Waals surface area (Å²) in [5, 5.41) is 8.52. The van der Waals surface area contributed by atoms with Gasteiger partial charge in [0.2, 0.25) is 41.2 Å². The maximum Gasteiger partial charge on any atom is 0.330 e. The molecule has 0 aromatic heterocycles. The van der Waals surface area contributed by atoms with Crippen LogP contribution in [0.2, 0.25) is 0 Å². The molecule has 0 saturated carbocycles. The first-order valence-corrected chi connectivity index (χ1v) is 29.2. The third-order valence-electron chi connectivity index (χ3n) is 15.3. The third kappa shape index (κ3) is 19.2. The maximum atomic E-state index is 14.7. The second-order valence-electron chi connectivity index (χ2n) is 23.4. The minimum atomic E-state index is -1.50. The number of nitrogens with zero attached hydrogens (tertiary/aromatic N) is 4. The van der Waals surface area contributed by atoms with Crippen molar-refractivity contribution >= 4 is 64.8 Å². The summed E-state index contributed by atoms with van der Waals surface area (Å²) in [4.78, 5) is 145. The normalized spacial score (nSPS) is 23.4. The molecular weight excluding hydrogens is 1090 g/mol. The van der Waals surface area contributed by atoms with Crippen molar-refractivity contribution < 1.29 is 66.9 Å². The van der Waals surface area contributed by atoms with Gasteiger partial charge in [0.1, 0.15) is 42.9 Å². The quantitative estimate of drug-likeness (QED) is 0.152. The van der Waals surface area contributed by atoms with Gasteiger partial charge in [0.15, 0.2) is 11.5 Å². The van der Waals surface area contributed by atoms with Crippen molar-refractivity contribution in [3.63, 3.8) is 0 Å². The fraction of sp³-hybridized carbons (Fsp3) is 0.531. The van der Waals surface area contributed by atoms with Crippen LogP contribution in [0.5, 0.6) is 11.5 Å². The molecule has 5 rings (SSSR count). The average molecular weight is 1180 g/mol. The van der Waals surface area contributed by atoms with Gasteiger partial charge in [0, 0.05) is 65.3 Å². The van der Waals surface area contributed by atoms with Gasteiger partial charge in [-0.2, -0.15) is 0 Å². The SMILES string of the molecule is COc1ccc(CC[C@H]2OC(=O)[C@@H]3CCCCN3C(=O)C(=O)C(C)(C)COC(=O)/C=C\CCN(C)C(=O)[C@@H](C)NC(=O)[C@H](C(C)C)N(C)C(=O)[C@@H](Cc3ccccc3)NC(=O)[C@H](CC(C)C)N(C)C(=O)CCC(=O)Nc3cccc2c3)cc1OC. The number of hydrogen-bond donors (Lipinski definition) is 3. The van der Waals surface area contributed by atoms with Crippen LogP contribution in [0.4, 0.5) is 5.69 Å². The smallest absolute Gasteiger partial charge is 0.330 e. The van der Waals surface area contributed by atoms with Gasteiger partial charge in [-0.15, -0.1) is 0 Å². The molecule has 21 heteroatoms. The number of nitrogens with one attached hydrogen (secondary N) is 3. The number of fused-ring (bicyclic) bond motifs is 3. The Balaban J connectivity index is 1.48. The highest BCUT2D eigenvalue weighted by Gasteiger charge is 2.43. The summed E-state index contributed by atoms with van der Waals surface area (Å²) in [6, 6.07) is 15.7. The lowest BCUT2D eigenvalue weighted by molar-refractivity contribution is -0.165. The van der Waals surface area contributed by atoms with E-state index in [0.717, 1.165) is 17.2 Å². The molecule has 0 radical (unpaired) electrons. The number of rotatable bonds is 10. The number of ketones is 1. The Kier molecular flexibility index (Phi) is 25.2. The zero-order valence-electron chi connectivity index (χ0n) is 51.4. The molecule has 2 aliphatic rings. The number of Topliss-reactive ketones (excluding diaryl/α,β-unsaturated/α-hetero) is 1. The number of ether oxygens (including phenoxy) is 4. The van der Waals surface area contributed by atoms with E-state index < -0.39 is 113 Å². The molecule has 7 amide bonds. The van der Waals surface area contributed by atoms with E-state index in [1.807, 2.05) is 32.0 Å². The van der Waals surface area contributed by atoms with Gasteiger partial charge >= 0.3 is 11.9 Å². The summed E-state index contributed by atoms with van der Waals surface area (Å²) in [5.74, 6) is -6.17. The van der Waals surface area contributed by atoms with Crippen LogP contribution in [0.25, 0.3) is 0 Å². The molecule has 2 heterocycles. The Labute approximate surface area is 499 Å². The summed E-state index contributed by atoms with van der Waals surface area (Å²) in [5.41, 5.74) is 0.884. The standard InChI is InChI=1S/C64H87N7O14/c1-40(2)35-49-58(76)67-47(36-43-21-14-13-15-22-43)61(79)70(10)56(41(3)4)59(77)65-42(5)60(78)68(8)33-18-17-26-55(74)84-39-64(6,7)57(75)62(80)71-34-19-16-25-48(71)63(81)85-50(29-27-44-28-30-51(82-11)52(37-44)83-12)45-23-20-24-46(38-45)66-53(72)31-32-54(73)69(49)9/h13-15,17,20-24,26,28,30,37-38,40-42,47-50,56H,16,18-19,25,27,29,31-36,39H2,1-12H3,(H,65,77)(H,66,72)(H,67,76)/b26-17-/t42-,47-,48+,49+,50-,56+/m1/s1. The maximum absolute atomic E-state index is 14.7. The van der Waals surface area contributed by atoms with Crippen molar-refractivity contribution in [3.05, 3.63) is 102 Å². The fourth-order valence-electron chi connectivity index (χ4n) is 10.4. The Hall–Kier alpha value is -8.10. The summed E-state index contributed by atoms with van der Waals surface area (Å²) in [7, 11) is 7.52. The Morgan fingerprint density at radius 3 is 2.12 bits per heavy atom. The molecule has 2 bridgehead atoms. The summed E-state index contributed by atoms with van der Waals surface area (Å²) in [6.07, 6.45) is 3.51. The van der Waals surface area contributed by atoms with Crippen molar-refractivity contribution in [1.29, 1.82) is 0 Å². The molecular formula is C64H87N7O14. The van der Waals surface area contributed by atoms with Crippen molar-refractivity contribution in [1.82, 2.24) is 30.2 Å². The van der Waals surface area contributed by atoms with Crippen molar-refractivity contribution in [2.75, 3.05) is 60.4 Å². The number of piperidine rings is 1. The van der Waals surface area contributed by atoms with Crippen LogP contribution >= 0.6 is 0 Å². The van der Waals surface area contributed by atoms with E-state index in [-0.39, 0.29) is 64.0 Å². The summed E-state index contributed by atoms with van der Waals surface area (Å²) < 4.78 is 22.7. The average Bonchev–Trinajstić information content (AvgIpc) is 3.65. The number of methoxy groups -OCH3 is 2. The second-order valence-corrected chi connectivity index (χ2v) is 23.4. The van der Waals surface area contributed by atoms with Gasteiger partial charge in [-0.3, -0.25) is 38.4 Å². The van der Waals surface area contributed by atoms with Gasteiger partial charge in [0.05, 0.1) is 19.6 Å². The molecule has 85 heavy (non-hydrogen) atoms. The molecule has 0 spiro atoms. The molecule has 0 unspecified atom stereocenters. The predicted octanol–water partition coefficient (Wildman–Crippen LogP) is 6.17. The minimum Gasteiger partial charge on any atom is -0.493 e. The molecule has 1 saturated heterocycles. The lowest BCUT2D eigenvalue weighted by Crippen LogP contribution is -2.60. The van der Waals surface area contributed by atoms with Crippen LogP contribution in [-0.4, -0.2) is 164 Å². The number of anilines is 1. The van der Waals surface area contributed by atoms with Gasteiger partial charge in [-0.05, 0) is 119 Å². The number of aryl methyl sites for hydroxylation is 1. The second kappa shape index (κ2) is 31.7. The molecule has 6 atom stereocenters. The Bertz CT molecular complexity index is 2890. The van der Waals surface area contributed by atoms with Crippen molar-refractivity contribution in [3.8, 4) is 11.5 Å². The van der Waals surface area contributed by atoms with E-state index in [9.17, 15) is 47.9 Å². The summed E-state index contributed by atoms with van der Waals surface area (Å²) >= 11 is 0. The van der Waals surface area contributed by atoms with Crippen LogP contribution in [0, 0.1) is 17.3 Å². The number of carbonyl (C=O) groups is 10. The molecule has 21 nitrogen and oxygen atoms in total. The van der Waals surface area contributed by atoms with Gasteiger partial charge in [0.25, 0.3) is 5.91 Å². The number of hydrogen-bond acceptors (Lipinski definition) is 14. The van der Waals surface area contributed by atoms with E-state index in [1.54, 1.807) is 68.4 Å². The number of amides is 7. The van der Waals surface area contributed by atoms with E-state index in [0.29, 0.717) is 42.0 Å². The van der Waals surface area contributed by atoms with Crippen LogP contribution in [-0.2, 0) is 70.3 Å². The third-order valence-corrected chi connectivity index (χ3v) is 15.3. The van der Waals surface area contributed by atoms with Gasteiger partial charge < -0.3 is 54.5 Å². The predicted molar refractivity (Wildman–Crippen MR) is 319 cm³/mol. The molecule has 3 N–H and O–H groups in total. The molecule has 462 valence electrons. The minimum absolute atomic E-state index is 0.0420. The molecule has 3 aromatic rings. The number of likely N-dealkylation sites (N-methyl/N-ethyl adjacent to an activating group) is 3. The highest BCUT2D eigenvalue weighted by atomic mass is 16.5. The zero-order valence-corrected chi connectivity index (χ0v) is 51.4. The van der Waals surface area contributed by atoms with Crippen molar-refractivity contribution in [2.45, 2.75) is 149 Å². The largest absolute Gasteiger partial charge is 0.493 e. The topological polar surface area (TPSA) is 257 Å². The van der Waals surface area contributed by atoms with Gasteiger partial charge in [-0.1, -0.05) is 82.3 Å². The number of benzene rings is 3. The highest BCUT2D eigenvalue weighted by Crippen LogP contribution is 2.33. The number of esters is 2. The van der Waals surface area contributed by atoms with E-state index in [4.69, 9.17) is 18.9 Å². The molecule has 3 aromatic carbocycles. The lowest BCUT2D eigenvalue weighted by Gasteiger charge is -2.36. The van der Waals surface area contributed by atoms with Crippen LogP contribution in [0.3, 0.4) is 0 Å². The first-order valence-electron chi connectivity index (χ1n) is 29.2. The van der Waals surface area contributed by atoms with E-state index >= 15 is 0 Å². The molecule has 1 fully saturated rings. The van der Waals surface area contributed by atoms with Crippen LogP contribution in [0.15, 0.2) is 84.9 Å². The monoisotopic (exact) mass is 1180 g/mol. The zero-order chi connectivity index (χ0) is 62.7. The number of carbonyl (C=O) groups excluding carboxylic acids is 10. The fourth-order valence-corrected chi connectivity index (χ4v) is 10.4. The molecule has 0 aliphatic carbocycles.